The molecule has 210 valence electrons. The highest BCUT2D eigenvalue weighted by molar-refractivity contribution is 5.83. The average Bonchev–Trinajstić information content (AvgIpc) is 2.88. The molecule has 3 aromatic rings. The van der Waals surface area contributed by atoms with Gasteiger partial charge in [0.1, 0.15) is 18.0 Å². The van der Waals surface area contributed by atoms with Crippen LogP contribution in [0.3, 0.4) is 0 Å². The van der Waals surface area contributed by atoms with Crippen LogP contribution in [0.25, 0.3) is 0 Å². The first kappa shape index (κ1) is 31.0. The van der Waals surface area contributed by atoms with E-state index in [9.17, 15) is 14.4 Å². The van der Waals surface area contributed by atoms with E-state index in [0.29, 0.717) is 23.8 Å². The van der Waals surface area contributed by atoms with Gasteiger partial charge in [-0.15, -0.1) is 0 Å². The summed E-state index contributed by atoms with van der Waals surface area (Å²) in [7, 11) is 0. The molecule has 0 fully saturated rings. The molecular formula is C29H40N6O4. The predicted octanol–water partition coefficient (Wildman–Crippen LogP) is 4.60. The molecule has 10 heteroatoms. The van der Waals surface area contributed by atoms with E-state index in [0.717, 1.165) is 17.5 Å². The molecule has 2 aromatic heterocycles. The van der Waals surface area contributed by atoms with Crippen molar-refractivity contribution in [2.45, 2.75) is 73.6 Å². The molecule has 0 saturated heterocycles. The van der Waals surface area contributed by atoms with Crippen LogP contribution in [0.5, 0.6) is 0 Å². The highest BCUT2D eigenvalue weighted by Crippen LogP contribution is 2.13. The third-order valence-electron chi connectivity index (χ3n) is 5.40. The molecule has 0 atom stereocenters. The van der Waals surface area contributed by atoms with Crippen molar-refractivity contribution < 1.29 is 14.3 Å². The monoisotopic (exact) mass is 536 g/mol. The molecule has 0 radical (unpaired) electrons. The second-order valence-electron chi connectivity index (χ2n) is 9.65. The summed E-state index contributed by atoms with van der Waals surface area (Å²) in [5.74, 6) is 0.248. The Morgan fingerprint density at radius 3 is 2.36 bits per heavy atom. The van der Waals surface area contributed by atoms with Gasteiger partial charge in [0.15, 0.2) is 5.82 Å². The van der Waals surface area contributed by atoms with E-state index in [1.54, 1.807) is 52.9 Å². The number of carbonyl (C=O) groups is 2. The summed E-state index contributed by atoms with van der Waals surface area (Å²) in [5.41, 5.74) is 2.21. The fraction of sp³-hybridized carbons (Fsp3) is 0.414. The Kier molecular flexibility index (Phi) is 11.7. The largest absolute Gasteiger partial charge is 0.444 e. The molecule has 39 heavy (non-hydrogen) atoms. The molecule has 0 aliphatic heterocycles. The number of hydrogen-bond donors (Lipinski definition) is 3. The number of pyridine rings is 1. The molecule has 3 N–H and O–H groups in total. The minimum atomic E-state index is -0.614. The first-order valence-corrected chi connectivity index (χ1v) is 13.1. The van der Waals surface area contributed by atoms with Crippen LogP contribution < -0.4 is 21.5 Å². The number of rotatable bonds is 9. The number of aryl methyl sites for hydroxylation is 2. The van der Waals surface area contributed by atoms with Gasteiger partial charge in [0.25, 0.3) is 5.56 Å². The lowest BCUT2D eigenvalue weighted by Crippen LogP contribution is -2.34. The summed E-state index contributed by atoms with van der Waals surface area (Å²) >= 11 is 0. The quantitative estimate of drug-likeness (QED) is 0.365. The van der Waals surface area contributed by atoms with Crippen molar-refractivity contribution in [2.75, 3.05) is 17.2 Å². The third kappa shape index (κ3) is 10.2. The summed E-state index contributed by atoms with van der Waals surface area (Å²) < 4.78 is 6.63. The van der Waals surface area contributed by atoms with Gasteiger partial charge in [-0.2, -0.15) is 0 Å². The Hall–Kier alpha value is -4.21. The van der Waals surface area contributed by atoms with Crippen molar-refractivity contribution in [3.8, 4) is 0 Å². The van der Waals surface area contributed by atoms with Crippen molar-refractivity contribution in [3.05, 3.63) is 81.5 Å². The number of nitrogens with one attached hydrogen (secondary N) is 3. The van der Waals surface area contributed by atoms with Crippen LogP contribution in [0, 0.1) is 13.8 Å². The molecule has 3 rings (SSSR count). The molecule has 2 amide bonds. The number of hydrogen-bond acceptors (Lipinski definition) is 7. The summed E-state index contributed by atoms with van der Waals surface area (Å²) in [6.07, 6.45) is 1.73. The maximum atomic E-state index is 12.9. The summed E-state index contributed by atoms with van der Waals surface area (Å²) in [5, 5.41) is 8.50. The first-order valence-electron chi connectivity index (χ1n) is 13.1. The van der Waals surface area contributed by atoms with Crippen LogP contribution in [0.2, 0.25) is 0 Å². The minimum absolute atomic E-state index is 0.134. The standard InChI is InChI=1S/C27H34N6O4.C2H6/c1-18-15-30-24(28-14-13-20-9-7-6-8-10-20)25(35)33(18)17-23(34)29-16-21-11-12-22(31-19(21)2)32-26(36)37-27(3,4)5;1-2/h6-12,15H,13-14,16-17H2,1-5H3,(H,28,30)(H,29,34)(H,31,32,36);1-2H3. The van der Waals surface area contributed by atoms with E-state index < -0.39 is 11.7 Å². The molecule has 0 aliphatic rings. The van der Waals surface area contributed by atoms with Crippen LogP contribution in [-0.4, -0.2) is 38.7 Å². The highest BCUT2D eigenvalue weighted by Gasteiger charge is 2.17. The second kappa shape index (κ2) is 14.7. The van der Waals surface area contributed by atoms with Gasteiger partial charge in [0.05, 0.1) is 0 Å². The van der Waals surface area contributed by atoms with Crippen LogP contribution in [0.4, 0.5) is 16.4 Å². The Labute approximate surface area is 230 Å². The lowest BCUT2D eigenvalue weighted by molar-refractivity contribution is -0.121. The molecule has 0 aliphatic carbocycles. The zero-order valence-electron chi connectivity index (χ0n) is 23.9. The predicted molar refractivity (Wildman–Crippen MR) is 154 cm³/mol. The molecule has 10 nitrogen and oxygen atoms in total. The Bertz CT molecular complexity index is 1300. The van der Waals surface area contributed by atoms with Crippen molar-refractivity contribution >= 4 is 23.6 Å². The van der Waals surface area contributed by atoms with E-state index in [4.69, 9.17) is 4.74 Å². The van der Waals surface area contributed by atoms with E-state index in [2.05, 4.69) is 25.9 Å². The molecule has 0 saturated carbocycles. The lowest BCUT2D eigenvalue weighted by Gasteiger charge is -2.19. The molecule has 2 heterocycles. The SMILES string of the molecule is CC.Cc1nc(NC(=O)OC(C)(C)C)ccc1CNC(=O)Cn1c(C)cnc(NCCc2ccccc2)c1=O. The number of ether oxygens (including phenoxy) is 1. The zero-order chi connectivity index (χ0) is 29.0. The average molecular weight is 537 g/mol. The first-order chi connectivity index (χ1) is 18.5. The smallest absolute Gasteiger partial charge is 0.413 e. The Balaban J connectivity index is 0.00000260. The number of benzene rings is 1. The van der Waals surface area contributed by atoms with E-state index in [1.165, 1.54) is 4.57 Å². The fourth-order valence-electron chi connectivity index (χ4n) is 3.51. The van der Waals surface area contributed by atoms with Gasteiger partial charge in [0, 0.05) is 30.7 Å². The van der Waals surface area contributed by atoms with Gasteiger partial charge in [-0.3, -0.25) is 19.5 Å². The van der Waals surface area contributed by atoms with Gasteiger partial charge in [-0.1, -0.05) is 50.2 Å². The van der Waals surface area contributed by atoms with Crippen molar-refractivity contribution in [1.82, 2.24) is 19.9 Å². The van der Waals surface area contributed by atoms with Crippen LogP contribution in [0.1, 0.15) is 57.1 Å². The van der Waals surface area contributed by atoms with Crippen molar-refractivity contribution in [1.29, 1.82) is 0 Å². The molecule has 0 bridgehead atoms. The highest BCUT2D eigenvalue weighted by atomic mass is 16.6. The fourth-order valence-corrected chi connectivity index (χ4v) is 3.51. The van der Waals surface area contributed by atoms with Gasteiger partial charge < -0.3 is 15.4 Å². The van der Waals surface area contributed by atoms with E-state index in [-0.39, 0.29) is 30.4 Å². The van der Waals surface area contributed by atoms with E-state index >= 15 is 0 Å². The molecule has 0 spiro atoms. The molecule has 1 aromatic carbocycles. The summed E-state index contributed by atoms with van der Waals surface area (Å²) in [6.45, 7) is 13.5. The van der Waals surface area contributed by atoms with Gasteiger partial charge in [-0.05, 0) is 58.2 Å². The lowest BCUT2D eigenvalue weighted by atomic mass is 10.1. The number of nitrogens with zero attached hydrogens (tertiary/aromatic N) is 3. The Morgan fingerprint density at radius 1 is 1.03 bits per heavy atom. The zero-order valence-corrected chi connectivity index (χ0v) is 23.9. The molecular weight excluding hydrogens is 496 g/mol. The number of aromatic nitrogens is 3. The number of anilines is 2. The summed E-state index contributed by atoms with van der Waals surface area (Å²) in [6, 6.07) is 13.4. The van der Waals surface area contributed by atoms with Crippen LogP contribution >= 0.6 is 0 Å². The second-order valence-corrected chi connectivity index (χ2v) is 9.65. The number of carbonyl (C=O) groups excluding carboxylic acids is 2. The van der Waals surface area contributed by atoms with Gasteiger partial charge in [-0.25, -0.2) is 14.8 Å². The van der Waals surface area contributed by atoms with Crippen LogP contribution in [-0.2, 0) is 29.0 Å². The third-order valence-corrected chi connectivity index (χ3v) is 5.40. The summed E-state index contributed by atoms with van der Waals surface area (Å²) in [4.78, 5) is 46.1. The Morgan fingerprint density at radius 2 is 1.72 bits per heavy atom. The normalized spacial score (nSPS) is 10.6. The van der Waals surface area contributed by atoms with Gasteiger partial charge in [0.2, 0.25) is 5.91 Å². The number of amides is 2. The topological polar surface area (TPSA) is 127 Å². The van der Waals surface area contributed by atoms with Gasteiger partial charge >= 0.3 is 6.09 Å². The van der Waals surface area contributed by atoms with Crippen molar-refractivity contribution in [3.63, 3.8) is 0 Å². The maximum absolute atomic E-state index is 12.9. The molecule has 0 unspecified atom stereocenters. The van der Waals surface area contributed by atoms with Crippen molar-refractivity contribution in [2.24, 2.45) is 0 Å². The van der Waals surface area contributed by atoms with Crippen LogP contribution in [0.15, 0.2) is 53.5 Å². The van der Waals surface area contributed by atoms with E-state index in [1.807, 2.05) is 44.2 Å². The maximum Gasteiger partial charge on any atom is 0.413 e. The minimum Gasteiger partial charge on any atom is -0.444 e.